The van der Waals surface area contributed by atoms with Crippen molar-refractivity contribution in [2.75, 3.05) is 45.3 Å². The lowest BCUT2D eigenvalue weighted by atomic mass is 9.99. The van der Waals surface area contributed by atoms with Crippen LogP contribution in [0.25, 0.3) is 0 Å². The van der Waals surface area contributed by atoms with Crippen molar-refractivity contribution in [3.8, 4) is 11.5 Å². The number of amides is 1. The van der Waals surface area contributed by atoms with Crippen LogP contribution < -0.4 is 14.4 Å². The van der Waals surface area contributed by atoms with Crippen molar-refractivity contribution >= 4 is 11.6 Å². The average Bonchev–Trinajstić information content (AvgIpc) is 3.20. The molecule has 2 aliphatic heterocycles. The lowest BCUT2D eigenvalue weighted by Crippen LogP contribution is -2.49. The topological polar surface area (TPSA) is 45.3 Å². The van der Waals surface area contributed by atoms with Gasteiger partial charge < -0.3 is 19.3 Å². The van der Waals surface area contributed by atoms with Crippen molar-refractivity contribution in [3.05, 3.63) is 53.1 Å². The van der Waals surface area contributed by atoms with E-state index in [1.807, 2.05) is 24.3 Å². The molecule has 1 amide bonds. The number of carbonyl (C=O) groups excluding carboxylic acids is 1. The Hall–Kier alpha value is -2.73. The predicted octanol–water partition coefficient (Wildman–Crippen LogP) is 5.12. The van der Waals surface area contributed by atoms with Crippen molar-refractivity contribution < 1.29 is 14.3 Å². The Bertz CT molecular complexity index is 998. The van der Waals surface area contributed by atoms with Gasteiger partial charge in [0.15, 0.2) is 11.5 Å². The Kier molecular flexibility index (Phi) is 7.67. The second kappa shape index (κ2) is 10.7. The minimum Gasteiger partial charge on any atom is -0.493 e. The third-order valence-corrected chi connectivity index (χ3v) is 7.36. The number of carbonyl (C=O) groups is 1. The van der Waals surface area contributed by atoms with E-state index in [-0.39, 0.29) is 11.9 Å². The summed E-state index contributed by atoms with van der Waals surface area (Å²) in [6, 6.07) is 12.9. The van der Waals surface area contributed by atoms with E-state index in [0.717, 1.165) is 56.6 Å². The maximum atomic E-state index is 13.7. The van der Waals surface area contributed by atoms with Gasteiger partial charge in [-0.2, -0.15) is 0 Å². The molecule has 1 atom stereocenters. The van der Waals surface area contributed by atoms with E-state index in [9.17, 15) is 4.79 Å². The van der Waals surface area contributed by atoms with Gasteiger partial charge in [0.1, 0.15) is 0 Å². The maximum absolute atomic E-state index is 13.7. The first-order chi connectivity index (χ1) is 16.5. The number of methoxy groups -OCH3 is 2. The molecule has 2 aromatic carbocycles. The molecule has 1 fully saturated rings. The number of unbranched alkanes of at least 4 members (excludes halogenated alkanes) is 1. The van der Waals surface area contributed by atoms with Gasteiger partial charge in [0.25, 0.3) is 5.91 Å². The second-order valence-corrected chi connectivity index (χ2v) is 9.63. The summed E-state index contributed by atoms with van der Waals surface area (Å²) in [5.41, 5.74) is 4.34. The van der Waals surface area contributed by atoms with Crippen LogP contribution in [0.4, 0.5) is 5.69 Å². The quantitative estimate of drug-likeness (QED) is 0.514. The molecular formula is C28H39N3O3. The van der Waals surface area contributed by atoms with Crippen LogP contribution in [0.3, 0.4) is 0 Å². The first kappa shape index (κ1) is 24.4. The van der Waals surface area contributed by atoms with Crippen molar-refractivity contribution in [1.82, 2.24) is 9.80 Å². The number of fused-ring (bicyclic) bond motifs is 1. The van der Waals surface area contributed by atoms with Crippen LogP contribution >= 0.6 is 0 Å². The van der Waals surface area contributed by atoms with E-state index in [2.05, 4.69) is 47.6 Å². The Labute approximate surface area is 204 Å². The number of ether oxygens (including phenoxy) is 2. The lowest BCUT2D eigenvalue weighted by molar-refractivity contribution is 0.0688. The molecule has 184 valence electrons. The van der Waals surface area contributed by atoms with Crippen LogP contribution in [0.1, 0.15) is 67.6 Å². The molecule has 0 saturated carbocycles. The zero-order valence-electron chi connectivity index (χ0n) is 21.3. The summed E-state index contributed by atoms with van der Waals surface area (Å²) in [6.07, 6.45) is 3.07. The fraction of sp³-hybridized carbons (Fsp3) is 0.536. The molecule has 2 aliphatic rings. The summed E-state index contributed by atoms with van der Waals surface area (Å²) in [6.45, 7) is 11.5. The Morgan fingerprint density at radius 1 is 0.971 bits per heavy atom. The number of hydrogen-bond donors (Lipinski definition) is 0. The molecule has 0 radical (unpaired) electrons. The normalized spacial score (nSPS) is 17.3. The number of piperazine rings is 1. The molecule has 0 aliphatic carbocycles. The Morgan fingerprint density at radius 3 is 2.35 bits per heavy atom. The molecule has 0 spiro atoms. The zero-order chi connectivity index (χ0) is 24.2. The van der Waals surface area contributed by atoms with Crippen molar-refractivity contribution in [3.63, 3.8) is 0 Å². The molecular weight excluding hydrogens is 426 g/mol. The van der Waals surface area contributed by atoms with Gasteiger partial charge in [0.2, 0.25) is 0 Å². The summed E-state index contributed by atoms with van der Waals surface area (Å²) >= 11 is 0. The number of hydrogen-bond acceptors (Lipinski definition) is 5. The summed E-state index contributed by atoms with van der Waals surface area (Å²) < 4.78 is 11.0. The number of rotatable bonds is 9. The van der Waals surface area contributed by atoms with E-state index in [0.29, 0.717) is 24.1 Å². The van der Waals surface area contributed by atoms with Crippen LogP contribution in [0, 0.1) is 0 Å². The summed E-state index contributed by atoms with van der Waals surface area (Å²) in [4.78, 5) is 20.7. The van der Waals surface area contributed by atoms with Gasteiger partial charge in [-0.3, -0.25) is 9.69 Å². The third-order valence-electron chi connectivity index (χ3n) is 7.36. The Morgan fingerprint density at radius 2 is 1.71 bits per heavy atom. The third kappa shape index (κ3) is 4.74. The molecule has 0 aromatic heterocycles. The molecule has 2 heterocycles. The first-order valence-corrected chi connectivity index (χ1v) is 12.6. The minimum absolute atomic E-state index is 0.00490. The van der Waals surface area contributed by atoms with Crippen LogP contribution in [-0.2, 0) is 6.54 Å². The predicted molar refractivity (Wildman–Crippen MR) is 137 cm³/mol. The Balaban J connectivity index is 1.62. The van der Waals surface area contributed by atoms with E-state index >= 15 is 0 Å². The standard InChI is InChI=1S/C28H39N3O3/c1-6-7-10-24(21-12-13-26(33-4)27(18-21)34-5)31-19-23-22(28(31)32)9-8-11-25(23)30-16-14-29(15-17-30)20(2)3/h8-9,11-13,18,20,24H,6-7,10,14-17,19H2,1-5H3/t24-/m1/s1. The molecule has 1 saturated heterocycles. The van der Waals surface area contributed by atoms with E-state index in [4.69, 9.17) is 9.47 Å². The first-order valence-electron chi connectivity index (χ1n) is 12.6. The van der Waals surface area contributed by atoms with Crippen molar-refractivity contribution in [1.29, 1.82) is 0 Å². The molecule has 0 unspecified atom stereocenters. The molecule has 6 heteroatoms. The second-order valence-electron chi connectivity index (χ2n) is 9.63. The molecule has 4 rings (SSSR count). The van der Waals surface area contributed by atoms with Gasteiger partial charge in [-0.05, 0) is 50.1 Å². The van der Waals surface area contributed by atoms with Crippen LogP contribution in [-0.4, -0.2) is 62.1 Å². The van der Waals surface area contributed by atoms with Crippen molar-refractivity contribution in [2.24, 2.45) is 0 Å². The summed E-state index contributed by atoms with van der Waals surface area (Å²) in [5.74, 6) is 1.54. The van der Waals surface area contributed by atoms with Gasteiger partial charge in [-0.1, -0.05) is 31.9 Å². The fourth-order valence-electron chi connectivity index (χ4n) is 5.33. The fourth-order valence-corrected chi connectivity index (χ4v) is 5.33. The molecule has 0 N–H and O–H groups in total. The molecule has 6 nitrogen and oxygen atoms in total. The highest BCUT2D eigenvalue weighted by atomic mass is 16.5. The van der Waals surface area contributed by atoms with E-state index in [1.165, 1.54) is 11.3 Å². The smallest absolute Gasteiger partial charge is 0.255 e. The van der Waals surface area contributed by atoms with Gasteiger partial charge in [-0.25, -0.2) is 0 Å². The molecule has 0 bridgehead atoms. The molecule has 34 heavy (non-hydrogen) atoms. The number of nitrogens with zero attached hydrogens (tertiary/aromatic N) is 3. The van der Waals surface area contributed by atoms with Crippen LogP contribution in [0.2, 0.25) is 0 Å². The van der Waals surface area contributed by atoms with Gasteiger partial charge in [-0.15, -0.1) is 0 Å². The van der Waals surface area contributed by atoms with Gasteiger partial charge in [0.05, 0.1) is 20.3 Å². The highest BCUT2D eigenvalue weighted by molar-refractivity contribution is 6.00. The van der Waals surface area contributed by atoms with Crippen molar-refractivity contribution in [2.45, 2.75) is 58.7 Å². The van der Waals surface area contributed by atoms with Gasteiger partial charge in [0, 0.05) is 55.6 Å². The highest BCUT2D eigenvalue weighted by Gasteiger charge is 2.36. The summed E-state index contributed by atoms with van der Waals surface area (Å²) in [7, 11) is 3.31. The average molecular weight is 466 g/mol. The monoisotopic (exact) mass is 465 g/mol. The summed E-state index contributed by atoms with van der Waals surface area (Å²) in [5, 5.41) is 0. The van der Waals surface area contributed by atoms with Crippen LogP contribution in [0.5, 0.6) is 11.5 Å². The van der Waals surface area contributed by atoms with Gasteiger partial charge >= 0.3 is 0 Å². The lowest BCUT2D eigenvalue weighted by Gasteiger charge is -2.38. The van der Waals surface area contributed by atoms with E-state index < -0.39 is 0 Å². The zero-order valence-corrected chi connectivity index (χ0v) is 21.3. The van der Waals surface area contributed by atoms with E-state index in [1.54, 1.807) is 14.2 Å². The molecule has 2 aromatic rings. The highest BCUT2D eigenvalue weighted by Crippen LogP contribution is 2.40. The number of anilines is 1. The SMILES string of the molecule is CCCC[C@H](c1ccc(OC)c(OC)c1)N1Cc2c(cccc2N2CCN(C(C)C)CC2)C1=O. The minimum atomic E-state index is 0.00490. The maximum Gasteiger partial charge on any atom is 0.255 e. The number of benzene rings is 2. The van der Waals surface area contributed by atoms with Crippen LogP contribution in [0.15, 0.2) is 36.4 Å². The largest absolute Gasteiger partial charge is 0.493 e.